The molecule has 0 amide bonds. The van der Waals surface area contributed by atoms with Gasteiger partial charge in [-0.3, -0.25) is 9.80 Å². The maximum Gasteiger partial charge on any atom is 0.0887 e. The highest BCUT2D eigenvalue weighted by Gasteiger charge is 2.37. The van der Waals surface area contributed by atoms with Gasteiger partial charge in [-0.15, -0.1) is 0 Å². The van der Waals surface area contributed by atoms with Gasteiger partial charge in [-0.25, -0.2) is 0 Å². The summed E-state index contributed by atoms with van der Waals surface area (Å²) < 4.78 is 0. The lowest BCUT2D eigenvalue weighted by Gasteiger charge is -2.19. The molecule has 68 valence electrons. The zero-order valence-corrected chi connectivity index (χ0v) is 7.69. The Morgan fingerprint density at radius 2 is 1.38 bits per heavy atom. The van der Waals surface area contributed by atoms with Gasteiger partial charge in [-0.2, -0.15) is 0 Å². The molecule has 2 heteroatoms. The van der Waals surface area contributed by atoms with Gasteiger partial charge in [0.15, 0.2) is 0 Å². The lowest BCUT2D eigenvalue weighted by molar-refractivity contribution is 0.254. The molecule has 2 fully saturated rings. The third-order valence-electron chi connectivity index (χ3n) is 2.75. The summed E-state index contributed by atoms with van der Waals surface area (Å²) in [6, 6.07) is 10.8. The Labute approximate surface area is 78.8 Å². The van der Waals surface area contributed by atoms with Crippen molar-refractivity contribution < 1.29 is 0 Å². The van der Waals surface area contributed by atoms with Gasteiger partial charge >= 0.3 is 0 Å². The van der Waals surface area contributed by atoms with Crippen LogP contribution in [0.1, 0.15) is 11.7 Å². The first kappa shape index (κ1) is 7.54. The molecule has 0 N–H and O–H groups in total. The van der Waals surface area contributed by atoms with Gasteiger partial charge in [0.2, 0.25) is 0 Å². The molecule has 0 aliphatic carbocycles. The second-order valence-corrected chi connectivity index (χ2v) is 3.86. The second-order valence-electron chi connectivity index (χ2n) is 3.86. The van der Waals surface area contributed by atoms with Crippen LogP contribution in [0.25, 0.3) is 0 Å². The van der Waals surface area contributed by atoms with Crippen LogP contribution in [-0.2, 0) is 0 Å². The molecule has 13 heavy (non-hydrogen) atoms. The maximum atomic E-state index is 2.52. The number of hydrogen-bond donors (Lipinski definition) is 0. The minimum absolute atomic E-state index is 0.584. The second kappa shape index (κ2) is 2.82. The monoisotopic (exact) mass is 174 g/mol. The lowest BCUT2D eigenvalue weighted by Crippen LogP contribution is -2.18. The van der Waals surface area contributed by atoms with Gasteiger partial charge in [0.1, 0.15) is 0 Å². The van der Waals surface area contributed by atoms with Gasteiger partial charge in [-0.1, -0.05) is 30.3 Å². The van der Waals surface area contributed by atoms with Gasteiger partial charge < -0.3 is 0 Å². The summed E-state index contributed by atoms with van der Waals surface area (Å²) in [6.07, 6.45) is 0.584. The summed E-state index contributed by atoms with van der Waals surface area (Å²) in [5, 5.41) is 0. The predicted molar refractivity (Wildman–Crippen MR) is 52.3 cm³/mol. The highest BCUT2D eigenvalue weighted by Crippen LogP contribution is 2.33. The molecule has 0 atom stereocenters. The van der Waals surface area contributed by atoms with Crippen LogP contribution >= 0.6 is 0 Å². The molecule has 2 heterocycles. The van der Waals surface area contributed by atoms with E-state index in [9.17, 15) is 0 Å². The van der Waals surface area contributed by atoms with E-state index in [4.69, 9.17) is 0 Å². The zero-order chi connectivity index (χ0) is 8.67. The number of nitrogens with zero attached hydrogens (tertiary/aromatic N) is 2. The molecule has 3 rings (SSSR count). The fourth-order valence-corrected chi connectivity index (χ4v) is 1.88. The first-order chi connectivity index (χ1) is 6.45. The van der Waals surface area contributed by atoms with E-state index in [1.165, 1.54) is 31.7 Å². The van der Waals surface area contributed by atoms with E-state index in [-0.39, 0.29) is 0 Å². The molecule has 0 bridgehead atoms. The van der Waals surface area contributed by atoms with Crippen molar-refractivity contribution in [2.75, 3.05) is 26.2 Å². The highest BCUT2D eigenvalue weighted by molar-refractivity contribution is 5.20. The van der Waals surface area contributed by atoms with E-state index < -0.39 is 0 Å². The van der Waals surface area contributed by atoms with E-state index in [1.54, 1.807) is 0 Å². The first-order valence-electron chi connectivity index (χ1n) is 4.98. The van der Waals surface area contributed by atoms with Crippen LogP contribution in [0.3, 0.4) is 0 Å². The summed E-state index contributed by atoms with van der Waals surface area (Å²) in [7, 11) is 0. The largest absolute Gasteiger partial charge is 0.282 e. The number of benzene rings is 1. The molecule has 2 aliphatic rings. The van der Waals surface area contributed by atoms with Crippen LogP contribution < -0.4 is 0 Å². The fraction of sp³-hybridized carbons (Fsp3) is 0.455. The van der Waals surface area contributed by atoms with Crippen LogP contribution in [0.4, 0.5) is 0 Å². The van der Waals surface area contributed by atoms with Crippen LogP contribution in [0.15, 0.2) is 30.3 Å². The topological polar surface area (TPSA) is 6.02 Å². The van der Waals surface area contributed by atoms with E-state index in [0.29, 0.717) is 6.17 Å². The first-order valence-corrected chi connectivity index (χ1v) is 4.98. The smallest absolute Gasteiger partial charge is 0.0887 e. The molecule has 0 spiro atoms. The molecule has 1 aromatic rings. The van der Waals surface area contributed by atoms with Gasteiger partial charge in [0.25, 0.3) is 0 Å². The fourth-order valence-electron chi connectivity index (χ4n) is 1.88. The molecule has 0 saturated carbocycles. The van der Waals surface area contributed by atoms with Crippen molar-refractivity contribution in [3.8, 4) is 0 Å². The van der Waals surface area contributed by atoms with Crippen molar-refractivity contribution in [1.29, 1.82) is 0 Å². The van der Waals surface area contributed by atoms with Gasteiger partial charge in [0.05, 0.1) is 6.17 Å². The molecule has 1 aromatic carbocycles. The number of hydrogen-bond acceptors (Lipinski definition) is 2. The Morgan fingerprint density at radius 3 is 1.85 bits per heavy atom. The molecule has 0 aromatic heterocycles. The summed E-state index contributed by atoms with van der Waals surface area (Å²) >= 11 is 0. The zero-order valence-electron chi connectivity index (χ0n) is 7.69. The van der Waals surface area contributed by atoms with Crippen molar-refractivity contribution in [2.24, 2.45) is 0 Å². The maximum absolute atomic E-state index is 2.52. The highest BCUT2D eigenvalue weighted by atomic mass is 15.5. The Kier molecular flexibility index (Phi) is 1.64. The van der Waals surface area contributed by atoms with Gasteiger partial charge in [-0.05, 0) is 5.56 Å². The van der Waals surface area contributed by atoms with Crippen LogP contribution in [-0.4, -0.2) is 36.0 Å². The Balaban J connectivity index is 1.87. The molecule has 0 unspecified atom stereocenters. The molecule has 2 aliphatic heterocycles. The van der Waals surface area contributed by atoms with Crippen molar-refractivity contribution in [3.05, 3.63) is 35.9 Å². The van der Waals surface area contributed by atoms with Crippen molar-refractivity contribution >= 4 is 0 Å². The Hall–Kier alpha value is -0.860. The predicted octanol–water partition coefficient (Wildman–Crippen LogP) is 1.32. The molecule has 2 saturated heterocycles. The number of rotatable bonds is 3. The third kappa shape index (κ3) is 1.47. The molecule has 0 radical (unpaired) electrons. The standard InChI is InChI=1S/C11H14N2/c1-2-4-10(5-3-1)11(12-6-7-12)13-8-9-13/h1-5,11H,6-9H2. The van der Waals surface area contributed by atoms with Crippen molar-refractivity contribution in [2.45, 2.75) is 6.17 Å². The molecular formula is C11H14N2. The Morgan fingerprint density at radius 1 is 0.846 bits per heavy atom. The Bertz CT molecular complexity index is 276. The lowest BCUT2D eigenvalue weighted by atomic mass is 10.2. The van der Waals surface area contributed by atoms with Crippen LogP contribution in [0.2, 0.25) is 0 Å². The third-order valence-corrected chi connectivity index (χ3v) is 2.75. The van der Waals surface area contributed by atoms with Crippen molar-refractivity contribution in [3.63, 3.8) is 0 Å². The van der Waals surface area contributed by atoms with E-state index in [0.717, 1.165) is 0 Å². The quantitative estimate of drug-likeness (QED) is 0.637. The molecular weight excluding hydrogens is 160 g/mol. The average molecular weight is 174 g/mol. The SMILES string of the molecule is c1ccc(C(N2CC2)N2CC2)cc1. The van der Waals surface area contributed by atoms with Crippen LogP contribution in [0, 0.1) is 0 Å². The van der Waals surface area contributed by atoms with Crippen molar-refractivity contribution in [1.82, 2.24) is 9.80 Å². The minimum atomic E-state index is 0.584. The normalized spacial score (nSPS) is 22.2. The summed E-state index contributed by atoms with van der Waals surface area (Å²) in [5.74, 6) is 0. The summed E-state index contributed by atoms with van der Waals surface area (Å²) in [6.45, 7) is 5.10. The minimum Gasteiger partial charge on any atom is -0.282 e. The van der Waals surface area contributed by atoms with E-state index >= 15 is 0 Å². The average Bonchev–Trinajstić information content (AvgIpc) is 3.00. The van der Waals surface area contributed by atoms with E-state index in [1.807, 2.05) is 0 Å². The van der Waals surface area contributed by atoms with E-state index in [2.05, 4.69) is 40.1 Å². The van der Waals surface area contributed by atoms with Crippen LogP contribution in [0.5, 0.6) is 0 Å². The van der Waals surface area contributed by atoms with Gasteiger partial charge in [0, 0.05) is 26.2 Å². The molecule has 2 nitrogen and oxygen atoms in total. The summed E-state index contributed by atoms with van der Waals surface area (Å²) in [5.41, 5.74) is 1.46. The summed E-state index contributed by atoms with van der Waals surface area (Å²) in [4.78, 5) is 5.03.